The van der Waals surface area contributed by atoms with E-state index in [4.69, 9.17) is 0 Å². The molecule has 1 N–H and O–H groups in total. The summed E-state index contributed by atoms with van der Waals surface area (Å²) in [5.74, 6) is 0.960. The fraction of sp³-hybridized carbons (Fsp3) is 1.00. The fourth-order valence-electron chi connectivity index (χ4n) is 3.55. The Morgan fingerprint density at radius 2 is 1.89 bits per heavy atom. The highest BCUT2D eigenvalue weighted by molar-refractivity contribution is 4.91. The Hall–Kier alpha value is -0.0800. The molecule has 3 aliphatic rings. The summed E-state index contributed by atoms with van der Waals surface area (Å²) in [6, 6.07) is 0.776. The molecule has 106 valence electrons. The lowest BCUT2D eigenvalue weighted by Crippen LogP contribution is -2.57. The van der Waals surface area contributed by atoms with Crippen LogP contribution in [0.4, 0.5) is 0 Å². The first kappa shape index (κ1) is 14.3. The molecule has 0 aromatic rings. The number of nitrogens with zero attached hydrogens (tertiary/aromatic N) is 1. The summed E-state index contributed by atoms with van der Waals surface area (Å²) < 4.78 is 0. The van der Waals surface area contributed by atoms with E-state index in [1.165, 1.54) is 64.7 Å². The van der Waals surface area contributed by atoms with E-state index >= 15 is 0 Å². The summed E-state index contributed by atoms with van der Waals surface area (Å²) in [7, 11) is 0. The first-order valence-electron chi connectivity index (χ1n) is 8.06. The topological polar surface area (TPSA) is 15.3 Å². The maximum Gasteiger partial charge on any atom is 0.0224 e. The van der Waals surface area contributed by atoms with Crippen molar-refractivity contribution in [1.29, 1.82) is 0 Å². The minimum atomic E-state index is 0.473. The Balaban J connectivity index is 1.70. The van der Waals surface area contributed by atoms with Gasteiger partial charge in [-0.3, -0.25) is 0 Å². The molecule has 3 aliphatic heterocycles. The Morgan fingerprint density at radius 3 is 2.44 bits per heavy atom. The number of fused-ring (bicyclic) bond motifs is 3. The van der Waals surface area contributed by atoms with Crippen LogP contribution >= 0.6 is 0 Å². The molecule has 3 heterocycles. The molecule has 2 nitrogen and oxygen atoms in total. The molecule has 0 spiro atoms. The third-order valence-electron chi connectivity index (χ3n) is 4.96. The van der Waals surface area contributed by atoms with E-state index in [2.05, 4.69) is 31.0 Å². The summed E-state index contributed by atoms with van der Waals surface area (Å²) in [6.07, 6.45) is 8.34. The van der Waals surface area contributed by atoms with Crippen LogP contribution in [-0.4, -0.2) is 37.1 Å². The first-order valence-corrected chi connectivity index (χ1v) is 8.06. The highest BCUT2D eigenvalue weighted by atomic mass is 15.2. The molecule has 18 heavy (non-hydrogen) atoms. The van der Waals surface area contributed by atoms with Crippen LogP contribution < -0.4 is 5.32 Å². The van der Waals surface area contributed by atoms with Gasteiger partial charge in [0, 0.05) is 19.1 Å². The normalized spacial score (nSPS) is 31.8. The van der Waals surface area contributed by atoms with Crippen molar-refractivity contribution in [3.63, 3.8) is 0 Å². The summed E-state index contributed by atoms with van der Waals surface area (Å²) in [5, 5.41) is 3.88. The quantitative estimate of drug-likeness (QED) is 0.700. The number of nitrogens with one attached hydrogen (secondary N) is 1. The zero-order valence-electron chi connectivity index (χ0n) is 12.7. The molecule has 2 heteroatoms. The van der Waals surface area contributed by atoms with Crippen molar-refractivity contribution in [1.82, 2.24) is 10.2 Å². The molecule has 0 radical (unpaired) electrons. The van der Waals surface area contributed by atoms with Crippen LogP contribution in [0, 0.1) is 11.3 Å². The van der Waals surface area contributed by atoms with Crippen molar-refractivity contribution in [2.24, 2.45) is 11.3 Å². The zero-order chi connectivity index (χ0) is 13.0. The smallest absolute Gasteiger partial charge is 0.0224 e. The second-order valence-corrected chi connectivity index (χ2v) is 7.25. The molecule has 2 bridgehead atoms. The predicted molar refractivity (Wildman–Crippen MR) is 78.9 cm³/mol. The van der Waals surface area contributed by atoms with E-state index < -0.39 is 0 Å². The van der Waals surface area contributed by atoms with Crippen LogP contribution in [0.3, 0.4) is 0 Å². The van der Waals surface area contributed by atoms with Gasteiger partial charge in [-0.25, -0.2) is 0 Å². The van der Waals surface area contributed by atoms with Gasteiger partial charge in [0.1, 0.15) is 0 Å². The van der Waals surface area contributed by atoms with Crippen molar-refractivity contribution in [2.75, 3.05) is 26.2 Å². The van der Waals surface area contributed by atoms with Crippen LogP contribution in [0.25, 0.3) is 0 Å². The molecule has 1 atom stereocenters. The van der Waals surface area contributed by atoms with E-state index in [9.17, 15) is 0 Å². The second kappa shape index (κ2) is 6.38. The standard InChI is InChI=1S/C16H32N2/c1-4-5-6-9-16(2,3)13-17-15-12-18-10-7-14(15)8-11-18/h14-15,17H,4-13H2,1-3H3. The van der Waals surface area contributed by atoms with Crippen LogP contribution in [0.15, 0.2) is 0 Å². The number of hydrogen-bond donors (Lipinski definition) is 1. The van der Waals surface area contributed by atoms with E-state index in [1.54, 1.807) is 0 Å². The van der Waals surface area contributed by atoms with Gasteiger partial charge in [-0.1, -0.05) is 40.0 Å². The molecule has 1 unspecified atom stereocenters. The molecule has 0 aromatic carbocycles. The van der Waals surface area contributed by atoms with Crippen LogP contribution in [0.1, 0.15) is 59.3 Å². The van der Waals surface area contributed by atoms with E-state index in [0.29, 0.717) is 5.41 Å². The van der Waals surface area contributed by atoms with E-state index in [0.717, 1.165) is 12.0 Å². The zero-order valence-corrected chi connectivity index (χ0v) is 12.7. The molecular weight excluding hydrogens is 220 g/mol. The molecule has 3 saturated heterocycles. The van der Waals surface area contributed by atoms with Gasteiger partial charge in [-0.2, -0.15) is 0 Å². The second-order valence-electron chi connectivity index (χ2n) is 7.25. The number of rotatable bonds is 7. The van der Waals surface area contributed by atoms with Crippen LogP contribution in [0.5, 0.6) is 0 Å². The maximum atomic E-state index is 3.88. The Kier molecular flexibility index (Phi) is 5.08. The van der Waals surface area contributed by atoms with Gasteiger partial charge >= 0.3 is 0 Å². The van der Waals surface area contributed by atoms with Crippen molar-refractivity contribution in [3.05, 3.63) is 0 Å². The Morgan fingerprint density at radius 1 is 1.17 bits per heavy atom. The minimum absolute atomic E-state index is 0.473. The molecule has 0 aromatic heterocycles. The molecular formula is C16H32N2. The molecule has 0 aliphatic carbocycles. The number of hydrogen-bond acceptors (Lipinski definition) is 2. The summed E-state index contributed by atoms with van der Waals surface area (Å²) in [4.78, 5) is 2.64. The highest BCUT2D eigenvalue weighted by Gasteiger charge is 2.34. The summed E-state index contributed by atoms with van der Waals surface area (Å²) in [6.45, 7) is 12.3. The Labute approximate surface area is 114 Å². The number of piperidine rings is 3. The third-order valence-corrected chi connectivity index (χ3v) is 4.96. The molecule has 3 rings (SSSR count). The van der Waals surface area contributed by atoms with Gasteiger partial charge in [-0.15, -0.1) is 0 Å². The van der Waals surface area contributed by atoms with E-state index in [1.807, 2.05) is 0 Å². The number of unbranched alkanes of at least 4 members (excludes halogenated alkanes) is 2. The largest absolute Gasteiger partial charge is 0.312 e. The van der Waals surface area contributed by atoms with Crippen molar-refractivity contribution in [2.45, 2.75) is 65.3 Å². The van der Waals surface area contributed by atoms with Gasteiger partial charge in [0.15, 0.2) is 0 Å². The SMILES string of the molecule is CCCCCC(C)(C)CNC1CN2CCC1CC2. The summed E-state index contributed by atoms with van der Waals surface area (Å²) in [5.41, 5.74) is 0.473. The van der Waals surface area contributed by atoms with Gasteiger partial charge in [0.2, 0.25) is 0 Å². The van der Waals surface area contributed by atoms with Gasteiger partial charge in [-0.05, 0) is 43.7 Å². The van der Waals surface area contributed by atoms with Crippen LogP contribution in [-0.2, 0) is 0 Å². The maximum absolute atomic E-state index is 3.88. The monoisotopic (exact) mass is 252 g/mol. The van der Waals surface area contributed by atoms with Gasteiger partial charge in [0.25, 0.3) is 0 Å². The van der Waals surface area contributed by atoms with Crippen LogP contribution in [0.2, 0.25) is 0 Å². The van der Waals surface area contributed by atoms with E-state index in [-0.39, 0.29) is 0 Å². The summed E-state index contributed by atoms with van der Waals surface area (Å²) >= 11 is 0. The third kappa shape index (κ3) is 3.96. The van der Waals surface area contributed by atoms with Crippen molar-refractivity contribution < 1.29 is 0 Å². The molecule has 3 fully saturated rings. The van der Waals surface area contributed by atoms with Crippen molar-refractivity contribution in [3.8, 4) is 0 Å². The first-order chi connectivity index (χ1) is 8.61. The lowest BCUT2D eigenvalue weighted by atomic mass is 9.82. The molecule has 0 amide bonds. The minimum Gasteiger partial charge on any atom is -0.312 e. The lowest BCUT2D eigenvalue weighted by molar-refractivity contribution is 0.0670. The average molecular weight is 252 g/mol. The van der Waals surface area contributed by atoms with Crippen molar-refractivity contribution >= 4 is 0 Å². The highest BCUT2D eigenvalue weighted by Crippen LogP contribution is 2.29. The molecule has 0 saturated carbocycles. The lowest BCUT2D eigenvalue weighted by Gasteiger charge is -2.46. The average Bonchev–Trinajstić information content (AvgIpc) is 2.38. The fourth-order valence-corrected chi connectivity index (χ4v) is 3.55. The van der Waals surface area contributed by atoms with Gasteiger partial charge in [0.05, 0.1) is 0 Å². The predicted octanol–water partition coefficient (Wildman–Crippen LogP) is 3.28. The van der Waals surface area contributed by atoms with Gasteiger partial charge < -0.3 is 10.2 Å². The Bertz CT molecular complexity index is 241.